The summed E-state index contributed by atoms with van der Waals surface area (Å²) in [7, 11) is 1.57. The molecule has 1 heterocycles. The van der Waals surface area contributed by atoms with E-state index in [9.17, 15) is 9.90 Å². The molecular weight excluding hydrogens is 296 g/mol. The minimum absolute atomic E-state index is 0.0588. The van der Waals surface area contributed by atoms with E-state index in [2.05, 4.69) is 4.99 Å². The Balaban J connectivity index is 2.22. The third kappa shape index (κ3) is 3.01. The van der Waals surface area contributed by atoms with Crippen LogP contribution in [0.25, 0.3) is 11.0 Å². The van der Waals surface area contributed by atoms with Gasteiger partial charge in [0.25, 0.3) is 5.91 Å². The number of ether oxygens (including phenoxy) is 1. The summed E-state index contributed by atoms with van der Waals surface area (Å²) in [5.74, 6) is 0.110. The van der Waals surface area contributed by atoms with E-state index in [0.29, 0.717) is 22.4 Å². The molecule has 0 saturated carbocycles. The summed E-state index contributed by atoms with van der Waals surface area (Å²) < 4.78 is 10.7. The first-order valence-electron chi connectivity index (χ1n) is 6.82. The van der Waals surface area contributed by atoms with Crippen LogP contribution in [-0.4, -0.2) is 18.1 Å². The van der Waals surface area contributed by atoms with Crippen LogP contribution in [0.5, 0.6) is 11.5 Å². The average Bonchev–Trinajstić information content (AvgIpc) is 2.54. The van der Waals surface area contributed by atoms with Gasteiger partial charge in [-0.1, -0.05) is 0 Å². The average molecular weight is 310 g/mol. The number of fused-ring (bicyclic) bond motifs is 1. The molecule has 0 atom stereocenters. The molecule has 3 aromatic rings. The predicted octanol–water partition coefficient (Wildman–Crippen LogP) is 2.48. The number of hydrogen-bond acceptors (Lipinski definition) is 5. The maximum Gasteiger partial charge on any atom is 0.254 e. The van der Waals surface area contributed by atoms with Gasteiger partial charge in [-0.05, 0) is 42.5 Å². The predicted molar refractivity (Wildman–Crippen MR) is 84.6 cm³/mol. The molecule has 0 unspecified atom stereocenters. The van der Waals surface area contributed by atoms with Crippen molar-refractivity contribution in [2.45, 2.75) is 0 Å². The maximum atomic E-state index is 11.7. The quantitative estimate of drug-likeness (QED) is 0.776. The van der Waals surface area contributed by atoms with Crippen LogP contribution in [0, 0.1) is 0 Å². The molecule has 116 valence electrons. The number of nitrogens with zero attached hydrogens (tertiary/aromatic N) is 1. The minimum atomic E-state index is -0.643. The Labute approximate surface area is 131 Å². The van der Waals surface area contributed by atoms with Gasteiger partial charge in [0.2, 0.25) is 5.55 Å². The molecule has 23 heavy (non-hydrogen) atoms. The Bertz CT molecular complexity index is 943. The number of carbonyl (C=O) groups excluding carboxylic acids is 1. The number of benzene rings is 2. The van der Waals surface area contributed by atoms with Gasteiger partial charge in [0.05, 0.1) is 12.8 Å². The first-order valence-corrected chi connectivity index (χ1v) is 6.82. The van der Waals surface area contributed by atoms with Crippen LogP contribution in [0.2, 0.25) is 0 Å². The van der Waals surface area contributed by atoms with Crippen molar-refractivity contribution in [1.29, 1.82) is 0 Å². The summed E-state index contributed by atoms with van der Waals surface area (Å²) >= 11 is 0. The van der Waals surface area contributed by atoms with Crippen molar-refractivity contribution in [3.8, 4) is 11.5 Å². The molecule has 1 amide bonds. The Morgan fingerprint density at radius 2 is 1.91 bits per heavy atom. The van der Waals surface area contributed by atoms with Gasteiger partial charge >= 0.3 is 0 Å². The molecular formula is C17H14N2O4. The Hall–Kier alpha value is -3.28. The molecule has 6 heteroatoms. The second-order valence-electron chi connectivity index (χ2n) is 4.86. The van der Waals surface area contributed by atoms with Gasteiger partial charge in [-0.15, -0.1) is 0 Å². The normalized spacial score (nSPS) is 11.6. The van der Waals surface area contributed by atoms with Crippen LogP contribution < -0.4 is 16.0 Å². The van der Waals surface area contributed by atoms with Gasteiger partial charge in [-0.2, -0.15) is 0 Å². The largest absolute Gasteiger partial charge is 0.508 e. The summed E-state index contributed by atoms with van der Waals surface area (Å²) in [5.41, 5.74) is 6.64. The fraction of sp³-hybridized carbons (Fsp3) is 0.0588. The third-order valence-corrected chi connectivity index (χ3v) is 3.30. The third-order valence-electron chi connectivity index (χ3n) is 3.30. The zero-order valence-corrected chi connectivity index (χ0v) is 12.3. The zero-order valence-electron chi connectivity index (χ0n) is 12.3. The number of rotatable bonds is 3. The summed E-state index contributed by atoms with van der Waals surface area (Å²) in [6.45, 7) is 0. The van der Waals surface area contributed by atoms with E-state index in [-0.39, 0.29) is 16.9 Å². The number of hydrogen-bond donors (Lipinski definition) is 2. The summed E-state index contributed by atoms with van der Waals surface area (Å²) in [6, 6.07) is 13.1. The number of primary amides is 1. The number of phenolic OH excluding ortho intramolecular Hbond substituents is 1. The van der Waals surface area contributed by atoms with Gasteiger partial charge in [0, 0.05) is 11.5 Å². The second-order valence-corrected chi connectivity index (χ2v) is 4.86. The van der Waals surface area contributed by atoms with E-state index in [1.54, 1.807) is 43.5 Å². The van der Waals surface area contributed by atoms with Gasteiger partial charge in [-0.25, -0.2) is 4.99 Å². The van der Waals surface area contributed by atoms with Crippen molar-refractivity contribution in [1.82, 2.24) is 0 Å². The fourth-order valence-corrected chi connectivity index (χ4v) is 2.14. The number of carbonyl (C=O) groups is 1. The van der Waals surface area contributed by atoms with Gasteiger partial charge in [-0.3, -0.25) is 4.79 Å². The standard InChI is InChI=1S/C17H14N2O4/c1-22-13-6-3-11(4-7-13)19-17-14(16(18)21)8-10-2-5-12(20)9-15(10)23-17/h2-9,20H,1H3,(H2,18,21). The van der Waals surface area contributed by atoms with Gasteiger partial charge in [0.15, 0.2) is 0 Å². The maximum absolute atomic E-state index is 11.7. The molecule has 2 aromatic carbocycles. The second kappa shape index (κ2) is 5.84. The van der Waals surface area contributed by atoms with Crippen LogP contribution in [0.3, 0.4) is 0 Å². The van der Waals surface area contributed by atoms with Crippen LogP contribution in [0.15, 0.2) is 57.9 Å². The van der Waals surface area contributed by atoms with E-state index in [1.807, 2.05) is 0 Å². The molecule has 6 nitrogen and oxygen atoms in total. The molecule has 0 aliphatic heterocycles. The molecule has 0 fully saturated rings. The highest BCUT2D eigenvalue weighted by Gasteiger charge is 2.10. The fourth-order valence-electron chi connectivity index (χ4n) is 2.14. The lowest BCUT2D eigenvalue weighted by molar-refractivity contribution is 0.0996. The van der Waals surface area contributed by atoms with E-state index < -0.39 is 5.91 Å². The van der Waals surface area contributed by atoms with Crippen molar-refractivity contribution in [3.05, 3.63) is 59.6 Å². The van der Waals surface area contributed by atoms with E-state index >= 15 is 0 Å². The van der Waals surface area contributed by atoms with Crippen molar-refractivity contribution in [2.24, 2.45) is 10.7 Å². The van der Waals surface area contributed by atoms with Crippen molar-refractivity contribution in [2.75, 3.05) is 7.11 Å². The van der Waals surface area contributed by atoms with E-state index in [1.165, 1.54) is 12.1 Å². The number of aromatic hydroxyl groups is 1. The highest BCUT2D eigenvalue weighted by atomic mass is 16.5. The van der Waals surface area contributed by atoms with Gasteiger partial charge in [0.1, 0.15) is 22.6 Å². The lowest BCUT2D eigenvalue weighted by atomic mass is 10.1. The van der Waals surface area contributed by atoms with E-state index in [0.717, 1.165) is 0 Å². The first kappa shape index (κ1) is 14.6. The molecule has 3 rings (SSSR count). The highest BCUT2D eigenvalue weighted by Crippen LogP contribution is 2.21. The smallest absolute Gasteiger partial charge is 0.254 e. The molecule has 1 aromatic heterocycles. The van der Waals surface area contributed by atoms with Crippen molar-refractivity contribution < 1.29 is 19.1 Å². The molecule has 0 radical (unpaired) electrons. The lowest BCUT2D eigenvalue weighted by Crippen LogP contribution is -2.21. The van der Waals surface area contributed by atoms with Crippen molar-refractivity contribution in [3.63, 3.8) is 0 Å². The van der Waals surface area contributed by atoms with Crippen LogP contribution in [-0.2, 0) is 0 Å². The Morgan fingerprint density at radius 1 is 1.17 bits per heavy atom. The van der Waals surface area contributed by atoms with Crippen LogP contribution in [0.1, 0.15) is 10.4 Å². The molecule has 0 bridgehead atoms. The minimum Gasteiger partial charge on any atom is -0.508 e. The molecule has 0 aliphatic carbocycles. The number of phenols is 1. The van der Waals surface area contributed by atoms with Crippen molar-refractivity contribution >= 4 is 22.6 Å². The molecule has 0 saturated heterocycles. The van der Waals surface area contributed by atoms with E-state index in [4.69, 9.17) is 14.9 Å². The Morgan fingerprint density at radius 3 is 2.57 bits per heavy atom. The molecule has 3 N–H and O–H groups in total. The summed E-state index contributed by atoms with van der Waals surface area (Å²) in [5, 5.41) is 10.2. The zero-order chi connectivity index (χ0) is 16.4. The summed E-state index contributed by atoms with van der Waals surface area (Å²) in [6.07, 6.45) is 0. The van der Waals surface area contributed by atoms with Crippen LogP contribution >= 0.6 is 0 Å². The topological polar surface area (TPSA) is 98.1 Å². The highest BCUT2D eigenvalue weighted by molar-refractivity contribution is 5.95. The number of methoxy groups -OCH3 is 1. The molecule has 0 aliphatic rings. The SMILES string of the molecule is COc1ccc(N=c2oc3cc(O)ccc3cc2C(N)=O)cc1. The number of amides is 1. The summed E-state index contributed by atoms with van der Waals surface area (Å²) in [4.78, 5) is 16.0. The van der Waals surface area contributed by atoms with Gasteiger partial charge < -0.3 is 20.0 Å². The van der Waals surface area contributed by atoms with Crippen LogP contribution in [0.4, 0.5) is 5.69 Å². The lowest BCUT2D eigenvalue weighted by Gasteiger charge is -2.03. The number of nitrogens with two attached hydrogens (primary N) is 1. The Kier molecular flexibility index (Phi) is 3.72. The first-order chi connectivity index (χ1) is 11.1. The molecule has 0 spiro atoms. The monoisotopic (exact) mass is 310 g/mol.